The normalized spacial score (nSPS) is 29.9. The first-order valence-corrected chi connectivity index (χ1v) is 9.63. The Bertz CT molecular complexity index is 657. The average molecular weight is 375 g/mol. The fourth-order valence-electron chi connectivity index (χ4n) is 4.28. The molecule has 2 heterocycles. The zero-order valence-electron chi connectivity index (χ0n) is 16.4. The van der Waals surface area contributed by atoms with E-state index in [-0.39, 0.29) is 11.9 Å². The van der Waals surface area contributed by atoms with Gasteiger partial charge in [0.05, 0.1) is 6.07 Å². The summed E-state index contributed by atoms with van der Waals surface area (Å²) in [6.45, 7) is 10.3. The third kappa shape index (κ3) is 3.96. The van der Waals surface area contributed by atoms with Crippen molar-refractivity contribution in [1.29, 1.82) is 5.26 Å². The number of alkyl carbamates (subject to hydrolysis) is 1. The summed E-state index contributed by atoms with van der Waals surface area (Å²) in [7, 11) is 0. The van der Waals surface area contributed by atoms with E-state index in [1.807, 2.05) is 0 Å². The third-order valence-corrected chi connectivity index (χ3v) is 5.82. The molecule has 1 saturated carbocycles. The van der Waals surface area contributed by atoms with Crippen molar-refractivity contribution in [2.45, 2.75) is 70.2 Å². The molecule has 148 valence electrons. The molecule has 3 aliphatic rings. The molecular formula is C20H29N3O4. The van der Waals surface area contributed by atoms with Crippen molar-refractivity contribution in [3.63, 3.8) is 0 Å². The molecule has 2 aliphatic heterocycles. The largest absolute Gasteiger partial charge is 0.444 e. The van der Waals surface area contributed by atoms with Gasteiger partial charge >= 0.3 is 6.09 Å². The molecule has 7 heteroatoms. The van der Waals surface area contributed by atoms with Gasteiger partial charge in [0.2, 0.25) is 5.91 Å². The number of likely N-dealkylation sites (tertiary alicyclic amines) is 1. The van der Waals surface area contributed by atoms with Crippen LogP contribution in [-0.2, 0) is 14.3 Å². The zero-order chi connectivity index (χ0) is 19.8. The summed E-state index contributed by atoms with van der Waals surface area (Å²) in [4.78, 5) is 27.7. The van der Waals surface area contributed by atoms with Crippen LogP contribution in [0.4, 0.5) is 4.79 Å². The van der Waals surface area contributed by atoms with Crippen molar-refractivity contribution in [3.05, 3.63) is 12.7 Å². The molecule has 0 bridgehead atoms. The minimum atomic E-state index is -0.816. The summed E-state index contributed by atoms with van der Waals surface area (Å²) in [6.07, 6.45) is 3.96. The van der Waals surface area contributed by atoms with Gasteiger partial charge in [-0.05, 0) is 52.4 Å². The highest BCUT2D eigenvalue weighted by atomic mass is 16.6. The van der Waals surface area contributed by atoms with Crippen LogP contribution in [0.25, 0.3) is 0 Å². The zero-order valence-corrected chi connectivity index (χ0v) is 16.4. The molecule has 0 aromatic rings. The summed E-state index contributed by atoms with van der Waals surface area (Å²) in [6, 6.07) is 1.12. The van der Waals surface area contributed by atoms with E-state index in [1.54, 1.807) is 31.7 Å². The predicted octanol–water partition coefficient (Wildman–Crippen LogP) is 2.38. The third-order valence-electron chi connectivity index (χ3n) is 5.82. The number of rotatable bonds is 4. The van der Waals surface area contributed by atoms with Crippen molar-refractivity contribution < 1.29 is 19.1 Å². The van der Waals surface area contributed by atoms with Crippen molar-refractivity contribution in [2.75, 3.05) is 13.2 Å². The number of carbonyl (C=O) groups is 2. The molecule has 0 aromatic heterocycles. The Morgan fingerprint density at radius 2 is 2.04 bits per heavy atom. The summed E-state index contributed by atoms with van der Waals surface area (Å²) in [5.41, 5.74) is -1.28. The van der Waals surface area contributed by atoms with Crippen LogP contribution in [0.2, 0.25) is 0 Å². The first-order valence-electron chi connectivity index (χ1n) is 9.63. The SMILES string of the molecule is C=CC1([C@H](NC(=O)OC(C)(C)C)C(=O)N2[C@H](C#N)C[C@@H]3C[C@@H]32)CCOCC1. The standard InChI is InChI=1S/C20H29N3O4/c1-5-20(6-8-26-9-7-20)16(22-18(25)27-19(2,3)4)17(24)23-14(12-21)10-13-11-15(13)23/h5,13-16H,1,6-11H2,2-4H3,(H,22,25)/t13-,14+,15+,16-/m1/s1. The van der Waals surface area contributed by atoms with Gasteiger partial charge in [-0.1, -0.05) is 6.08 Å². The Kier molecular flexibility index (Phi) is 5.22. The van der Waals surface area contributed by atoms with Crippen LogP contribution in [0.1, 0.15) is 46.5 Å². The summed E-state index contributed by atoms with van der Waals surface area (Å²) >= 11 is 0. The fourth-order valence-corrected chi connectivity index (χ4v) is 4.28. The number of carbonyl (C=O) groups excluding carboxylic acids is 2. The van der Waals surface area contributed by atoms with Crippen LogP contribution in [0.5, 0.6) is 0 Å². The molecule has 3 fully saturated rings. The molecular weight excluding hydrogens is 346 g/mol. The van der Waals surface area contributed by atoms with E-state index in [9.17, 15) is 14.9 Å². The van der Waals surface area contributed by atoms with E-state index in [4.69, 9.17) is 9.47 Å². The van der Waals surface area contributed by atoms with Crippen LogP contribution in [0.15, 0.2) is 12.7 Å². The Morgan fingerprint density at radius 3 is 2.59 bits per heavy atom. The summed E-state index contributed by atoms with van der Waals surface area (Å²) in [5, 5.41) is 12.3. The van der Waals surface area contributed by atoms with Crippen molar-refractivity contribution in [3.8, 4) is 6.07 Å². The molecule has 7 nitrogen and oxygen atoms in total. The number of fused-ring (bicyclic) bond motifs is 1. The molecule has 27 heavy (non-hydrogen) atoms. The lowest BCUT2D eigenvalue weighted by atomic mass is 9.73. The number of nitrogens with one attached hydrogen (secondary N) is 1. The first-order chi connectivity index (χ1) is 12.7. The molecule has 2 amide bonds. The summed E-state index contributed by atoms with van der Waals surface area (Å²) < 4.78 is 10.9. The highest BCUT2D eigenvalue weighted by molar-refractivity contribution is 5.88. The van der Waals surface area contributed by atoms with Crippen molar-refractivity contribution in [1.82, 2.24) is 10.2 Å². The van der Waals surface area contributed by atoms with E-state index in [0.29, 0.717) is 32.0 Å². The maximum Gasteiger partial charge on any atom is 0.408 e. The van der Waals surface area contributed by atoms with Crippen LogP contribution in [-0.4, -0.2) is 53.8 Å². The van der Waals surface area contributed by atoms with E-state index in [0.717, 1.165) is 12.8 Å². The molecule has 0 radical (unpaired) electrons. The first kappa shape index (κ1) is 19.7. The number of amides is 2. The van der Waals surface area contributed by atoms with Gasteiger partial charge in [0, 0.05) is 24.7 Å². The number of nitrogens with zero attached hydrogens (tertiary/aromatic N) is 2. The maximum absolute atomic E-state index is 13.5. The second-order valence-electron chi connectivity index (χ2n) is 8.82. The molecule has 0 aromatic carbocycles. The lowest BCUT2D eigenvalue weighted by Gasteiger charge is -2.42. The van der Waals surface area contributed by atoms with Gasteiger partial charge in [-0.2, -0.15) is 5.26 Å². The highest BCUT2D eigenvalue weighted by Gasteiger charge is 2.57. The summed E-state index contributed by atoms with van der Waals surface area (Å²) in [5.74, 6) is 0.203. The van der Waals surface area contributed by atoms with E-state index < -0.39 is 29.2 Å². The number of piperidine rings is 1. The lowest BCUT2D eigenvalue weighted by molar-refractivity contribution is -0.139. The number of nitriles is 1. The van der Waals surface area contributed by atoms with Gasteiger partial charge in [-0.15, -0.1) is 6.58 Å². The van der Waals surface area contributed by atoms with Crippen LogP contribution in [0, 0.1) is 22.7 Å². The van der Waals surface area contributed by atoms with E-state index in [2.05, 4.69) is 18.0 Å². The number of ether oxygens (including phenoxy) is 2. The monoisotopic (exact) mass is 375 g/mol. The molecule has 1 aliphatic carbocycles. The highest BCUT2D eigenvalue weighted by Crippen LogP contribution is 2.49. The quantitative estimate of drug-likeness (QED) is 0.762. The minimum Gasteiger partial charge on any atom is -0.444 e. The van der Waals surface area contributed by atoms with Gasteiger partial charge in [-0.3, -0.25) is 4.79 Å². The Hall–Kier alpha value is -2.07. The van der Waals surface area contributed by atoms with Crippen molar-refractivity contribution in [2.24, 2.45) is 11.3 Å². The average Bonchev–Trinajstić information content (AvgIpc) is 3.28. The van der Waals surface area contributed by atoms with Gasteiger partial charge in [0.25, 0.3) is 0 Å². The van der Waals surface area contributed by atoms with Gasteiger partial charge in [0.15, 0.2) is 0 Å². The molecule has 2 saturated heterocycles. The van der Waals surface area contributed by atoms with Crippen LogP contribution < -0.4 is 5.32 Å². The van der Waals surface area contributed by atoms with Gasteiger partial charge in [-0.25, -0.2) is 4.79 Å². The maximum atomic E-state index is 13.5. The Balaban J connectivity index is 1.87. The van der Waals surface area contributed by atoms with Crippen LogP contribution >= 0.6 is 0 Å². The molecule has 1 N–H and O–H groups in total. The molecule has 3 rings (SSSR count). The molecule has 0 spiro atoms. The number of hydrogen-bond acceptors (Lipinski definition) is 5. The fraction of sp³-hybridized carbons (Fsp3) is 0.750. The molecule has 0 unspecified atom stereocenters. The van der Waals surface area contributed by atoms with E-state index in [1.165, 1.54) is 0 Å². The van der Waals surface area contributed by atoms with Gasteiger partial charge in [0.1, 0.15) is 17.7 Å². The molecule has 4 atom stereocenters. The second-order valence-corrected chi connectivity index (χ2v) is 8.82. The van der Waals surface area contributed by atoms with Crippen molar-refractivity contribution >= 4 is 12.0 Å². The minimum absolute atomic E-state index is 0.117. The predicted molar refractivity (Wildman–Crippen MR) is 98.6 cm³/mol. The number of hydrogen-bond donors (Lipinski definition) is 1. The Morgan fingerprint density at radius 1 is 1.37 bits per heavy atom. The van der Waals surface area contributed by atoms with Gasteiger partial charge < -0.3 is 19.7 Å². The topological polar surface area (TPSA) is 91.7 Å². The van der Waals surface area contributed by atoms with Crippen LogP contribution in [0.3, 0.4) is 0 Å². The lowest BCUT2D eigenvalue weighted by Crippen LogP contribution is -2.59. The smallest absolute Gasteiger partial charge is 0.408 e. The second kappa shape index (κ2) is 7.16. The van der Waals surface area contributed by atoms with E-state index >= 15 is 0 Å². The Labute approximate surface area is 160 Å².